The highest BCUT2D eigenvalue weighted by Gasteiger charge is 2.16. The van der Waals surface area contributed by atoms with Crippen molar-refractivity contribution in [1.82, 2.24) is 5.32 Å². The second-order valence-corrected chi connectivity index (χ2v) is 5.04. The average molecular weight is 184 g/mol. The molecule has 0 aliphatic carbocycles. The van der Waals surface area contributed by atoms with Crippen molar-refractivity contribution in [3.63, 3.8) is 0 Å². The van der Waals surface area contributed by atoms with Gasteiger partial charge in [0, 0.05) is 19.1 Å². The van der Waals surface area contributed by atoms with E-state index in [0.717, 1.165) is 18.5 Å². The lowest BCUT2D eigenvalue weighted by Crippen LogP contribution is -2.39. The molecule has 13 heavy (non-hydrogen) atoms. The molecule has 0 amide bonds. The SMILES string of the molecule is C=C(C)CNC(CN)CC(C)(C)C. The number of rotatable bonds is 5. The van der Waals surface area contributed by atoms with E-state index in [-0.39, 0.29) is 0 Å². The zero-order chi connectivity index (χ0) is 10.5. The van der Waals surface area contributed by atoms with Gasteiger partial charge in [0.15, 0.2) is 0 Å². The van der Waals surface area contributed by atoms with Crippen molar-refractivity contribution in [3.8, 4) is 0 Å². The van der Waals surface area contributed by atoms with Crippen LogP contribution in [0.25, 0.3) is 0 Å². The Morgan fingerprint density at radius 2 is 2.00 bits per heavy atom. The predicted octanol–water partition coefficient (Wildman–Crippen LogP) is 1.92. The molecule has 1 atom stereocenters. The molecule has 0 rings (SSSR count). The lowest BCUT2D eigenvalue weighted by molar-refractivity contribution is 0.315. The van der Waals surface area contributed by atoms with Gasteiger partial charge in [-0.1, -0.05) is 32.9 Å². The lowest BCUT2D eigenvalue weighted by Gasteiger charge is -2.26. The summed E-state index contributed by atoms with van der Waals surface area (Å²) >= 11 is 0. The molecular formula is C11H24N2. The monoisotopic (exact) mass is 184 g/mol. The van der Waals surface area contributed by atoms with Gasteiger partial charge < -0.3 is 11.1 Å². The minimum absolute atomic E-state index is 0.339. The molecule has 0 aliphatic rings. The number of hydrogen-bond acceptors (Lipinski definition) is 2. The lowest BCUT2D eigenvalue weighted by atomic mass is 9.88. The Bertz CT molecular complexity index is 156. The van der Waals surface area contributed by atoms with Crippen LogP contribution in [0.15, 0.2) is 12.2 Å². The van der Waals surface area contributed by atoms with Crippen LogP contribution in [0.3, 0.4) is 0 Å². The fraction of sp³-hybridized carbons (Fsp3) is 0.818. The van der Waals surface area contributed by atoms with Crippen LogP contribution < -0.4 is 11.1 Å². The third-order valence-corrected chi connectivity index (χ3v) is 1.84. The third kappa shape index (κ3) is 8.00. The highest BCUT2D eigenvalue weighted by atomic mass is 14.9. The fourth-order valence-corrected chi connectivity index (χ4v) is 1.30. The molecule has 0 fully saturated rings. The Kier molecular flexibility index (Phi) is 5.26. The minimum atomic E-state index is 0.339. The molecular weight excluding hydrogens is 160 g/mol. The van der Waals surface area contributed by atoms with Crippen LogP contribution in [0.4, 0.5) is 0 Å². The Labute approximate surface area is 82.6 Å². The van der Waals surface area contributed by atoms with Crippen LogP contribution in [0.2, 0.25) is 0 Å². The average Bonchev–Trinajstić information content (AvgIpc) is 1.95. The van der Waals surface area contributed by atoms with E-state index in [9.17, 15) is 0 Å². The van der Waals surface area contributed by atoms with Gasteiger partial charge in [-0.2, -0.15) is 0 Å². The third-order valence-electron chi connectivity index (χ3n) is 1.84. The van der Waals surface area contributed by atoms with Crippen LogP contribution in [0, 0.1) is 5.41 Å². The molecule has 0 aliphatic heterocycles. The summed E-state index contributed by atoms with van der Waals surface area (Å²) in [5.74, 6) is 0. The Hall–Kier alpha value is -0.340. The number of nitrogens with two attached hydrogens (primary N) is 1. The van der Waals surface area contributed by atoms with Crippen molar-refractivity contribution in [1.29, 1.82) is 0 Å². The van der Waals surface area contributed by atoms with Gasteiger partial charge in [0.25, 0.3) is 0 Å². The van der Waals surface area contributed by atoms with E-state index in [4.69, 9.17) is 5.73 Å². The first-order chi connectivity index (χ1) is 5.85. The summed E-state index contributed by atoms with van der Waals surface area (Å²) in [5, 5.41) is 3.40. The first-order valence-corrected chi connectivity index (χ1v) is 4.93. The van der Waals surface area contributed by atoms with Crippen molar-refractivity contribution in [2.45, 2.75) is 40.2 Å². The first-order valence-electron chi connectivity index (χ1n) is 4.93. The summed E-state index contributed by atoms with van der Waals surface area (Å²) in [6.07, 6.45) is 1.11. The molecule has 0 aromatic carbocycles. The van der Waals surface area contributed by atoms with Gasteiger partial charge in [-0.25, -0.2) is 0 Å². The molecule has 0 heterocycles. The smallest absolute Gasteiger partial charge is 0.0198 e. The summed E-state index contributed by atoms with van der Waals surface area (Å²) in [7, 11) is 0. The quantitative estimate of drug-likeness (QED) is 0.641. The minimum Gasteiger partial charge on any atom is -0.329 e. The van der Waals surface area contributed by atoms with Crippen LogP contribution in [-0.4, -0.2) is 19.1 Å². The van der Waals surface area contributed by atoms with E-state index in [1.807, 2.05) is 6.92 Å². The van der Waals surface area contributed by atoms with E-state index in [2.05, 4.69) is 32.7 Å². The first kappa shape index (κ1) is 12.7. The predicted molar refractivity (Wildman–Crippen MR) is 59.7 cm³/mol. The van der Waals surface area contributed by atoms with Gasteiger partial charge in [-0.15, -0.1) is 0 Å². The van der Waals surface area contributed by atoms with Crippen molar-refractivity contribution in [3.05, 3.63) is 12.2 Å². The van der Waals surface area contributed by atoms with Crippen molar-refractivity contribution < 1.29 is 0 Å². The van der Waals surface area contributed by atoms with E-state index < -0.39 is 0 Å². The van der Waals surface area contributed by atoms with E-state index in [1.54, 1.807) is 0 Å². The van der Waals surface area contributed by atoms with Crippen LogP contribution in [-0.2, 0) is 0 Å². The highest BCUT2D eigenvalue weighted by Crippen LogP contribution is 2.20. The maximum Gasteiger partial charge on any atom is 0.0198 e. The Morgan fingerprint density at radius 3 is 2.31 bits per heavy atom. The zero-order valence-electron chi connectivity index (χ0n) is 9.48. The Balaban J connectivity index is 3.83. The maximum absolute atomic E-state index is 5.67. The van der Waals surface area contributed by atoms with Gasteiger partial charge >= 0.3 is 0 Å². The molecule has 0 bridgehead atoms. The number of hydrogen-bond donors (Lipinski definition) is 2. The molecule has 0 radical (unpaired) electrons. The molecule has 0 spiro atoms. The number of nitrogens with one attached hydrogen (secondary N) is 1. The van der Waals surface area contributed by atoms with E-state index in [1.165, 1.54) is 0 Å². The van der Waals surface area contributed by atoms with Gasteiger partial charge in [-0.3, -0.25) is 0 Å². The maximum atomic E-state index is 5.67. The largest absolute Gasteiger partial charge is 0.329 e. The summed E-state index contributed by atoms with van der Waals surface area (Å²) in [4.78, 5) is 0. The van der Waals surface area contributed by atoms with Crippen LogP contribution in [0.5, 0.6) is 0 Å². The summed E-state index contributed by atoms with van der Waals surface area (Å²) in [6.45, 7) is 14.2. The summed E-state index contributed by atoms with van der Waals surface area (Å²) in [6, 6.07) is 0.414. The topological polar surface area (TPSA) is 38.0 Å². The molecule has 0 aromatic rings. The van der Waals surface area contributed by atoms with Crippen LogP contribution in [0.1, 0.15) is 34.1 Å². The second kappa shape index (κ2) is 5.40. The standard InChI is InChI=1S/C11H24N2/c1-9(2)8-13-10(7-12)6-11(3,4)5/h10,13H,1,6-8,12H2,2-5H3. The summed E-state index contributed by atoms with van der Waals surface area (Å²) in [5.41, 5.74) is 7.17. The second-order valence-electron chi connectivity index (χ2n) is 5.04. The van der Waals surface area contributed by atoms with Crippen LogP contribution >= 0.6 is 0 Å². The van der Waals surface area contributed by atoms with Gasteiger partial charge in [0.2, 0.25) is 0 Å². The normalized spacial score (nSPS) is 14.2. The molecule has 2 heteroatoms. The molecule has 3 N–H and O–H groups in total. The molecule has 0 saturated heterocycles. The van der Waals surface area contributed by atoms with Gasteiger partial charge in [0.05, 0.1) is 0 Å². The zero-order valence-corrected chi connectivity index (χ0v) is 9.48. The molecule has 78 valence electrons. The molecule has 0 saturated carbocycles. The van der Waals surface area contributed by atoms with Crippen molar-refractivity contribution >= 4 is 0 Å². The highest BCUT2D eigenvalue weighted by molar-refractivity contribution is 4.92. The van der Waals surface area contributed by atoms with Gasteiger partial charge in [-0.05, 0) is 18.8 Å². The molecule has 1 unspecified atom stereocenters. The van der Waals surface area contributed by atoms with E-state index >= 15 is 0 Å². The van der Waals surface area contributed by atoms with Crippen molar-refractivity contribution in [2.75, 3.05) is 13.1 Å². The summed E-state index contributed by atoms with van der Waals surface area (Å²) < 4.78 is 0. The van der Waals surface area contributed by atoms with E-state index in [0.29, 0.717) is 18.0 Å². The molecule has 0 aromatic heterocycles. The Morgan fingerprint density at radius 1 is 1.46 bits per heavy atom. The van der Waals surface area contributed by atoms with Gasteiger partial charge in [0.1, 0.15) is 0 Å². The molecule has 2 nitrogen and oxygen atoms in total. The van der Waals surface area contributed by atoms with Crippen molar-refractivity contribution in [2.24, 2.45) is 11.1 Å². The fourth-order valence-electron chi connectivity index (χ4n) is 1.30.